The number of hydrogen-bond acceptors (Lipinski definition) is 1. The molecule has 0 aliphatic carbocycles. The Bertz CT molecular complexity index is 528. The fraction of sp³-hybridized carbons (Fsp3) is 0.833. The first kappa shape index (κ1) is 22.7. The number of hydrogen-bond donors (Lipinski definition) is 0. The van der Waals surface area contributed by atoms with E-state index in [0.29, 0.717) is 12.8 Å². The van der Waals surface area contributed by atoms with Gasteiger partial charge in [0.05, 0.1) is 0 Å². The highest BCUT2D eigenvalue weighted by molar-refractivity contribution is 5.15. The van der Waals surface area contributed by atoms with E-state index < -0.39 is 41.9 Å². The highest BCUT2D eigenvalue weighted by Crippen LogP contribution is 2.60. The highest BCUT2D eigenvalue weighted by atomic mass is 19.4. The molecular weight excluding hydrogens is 405 g/mol. The topological polar surface area (TPSA) is 3.24 Å². The van der Waals surface area contributed by atoms with Gasteiger partial charge >= 0.3 is 35.8 Å². The van der Waals surface area contributed by atoms with Crippen LogP contribution in [0.15, 0.2) is 12.3 Å². The summed E-state index contributed by atoms with van der Waals surface area (Å²) in [6.07, 6.45) is -7.33. The van der Waals surface area contributed by atoms with Gasteiger partial charge in [-0.05, 0) is 12.8 Å². The summed E-state index contributed by atoms with van der Waals surface area (Å²) < 4.78 is 167. The van der Waals surface area contributed by atoms with Crippen molar-refractivity contribution in [1.82, 2.24) is 4.90 Å². The van der Waals surface area contributed by atoms with Crippen LogP contribution >= 0.6 is 0 Å². The van der Waals surface area contributed by atoms with E-state index in [0.717, 1.165) is 4.90 Å². The number of likely N-dealkylation sites (tertiary alicyclic amines) is 1. The van der Waals surface area contributed by atoms with Crippen LogP contribution in [0.1, 0.15) is 12.8 Å². The van der Waals surface area contributed by atoms with Gasteiger partial charge in [0, 0.05) is 25.4 Å². The van der Waals surface area contributed by atoms with Crippen molar-refractivity contribution in [3.63, 3.8) is 0 Å². The van der Waals surface area contributed by atoms with Crippen molar-refractivity contribution in [1.29, 1.82) is 0 Å². The van der Waals surface area contributed by atoms with Crippen molar-refractivity contribution >= 4 is 0 Å². The van der Waals surface area contributed by atoms with Gasteiger partial charge in [0.25, 0.3) is 0 Å². The molecular formula is C12H10F13N. The van der Waals surface area contributed by atoms with Crippen molar-refractivity contribution < 1.29 is 57.1 Å². The Morgan fingerprint density at radius 2 is 0.923 bits per heavy atom. The molecule has 0 radical (unpaired) electrons. The first-order valence-electron chi connectivity index (χ1n) is 6.72. The summed E-state index contributed by atoms with van der Waals surface area (Å²) in [5.41, 5.74) is 0. The molecule has 0 aromatic heterocycles. The lowest BCUT2D eigenvalue weighted by atomic mass is 9.94. The van der Waals surface area contributed by atoms with Gasteiger partial charge in [-0.15, -0.1) is 0 Å². The number of allylic oxidation sites excluding steroid dienone is 1. The summed E-state index contributed by atoms with van der Waals surface area (Å²) in [5, 5.41) is 0. The van der Waals surface area contributed by atoms with Crippen LogP contribution in [0.25, 0.3) is 0 Å². The van der Waals surface area contributed by atoms with Crippen molar-refractivity contribution in [2.45, 2.75) is 48.6 Å². The molecule has 1 fully saturated rings. The minimum atomic E-state index is -7.85. The van der Waals surface area contributed by atoms with E-state index in [2.05, 4.69) is 0 Å². The van der Waals surface area contributed by atoms with Crippen LogP contribution in [0.2, 0.25) is 0 Å². The molecule has 1 aliphatic rings. The van der Waals surface area contributed by atoms with Crippen LogP contribution in [-0.4, -0.2) is 53.8 Å². The molecule has 154 valence electrons. The summed E-state index contributed by atoms with van der Waals surface area (Å²) in [4.78, 5) is 0.921. The first-order chi connectivity index (χ1) is 11.3. The Labute approximate surface area is 137 Å². The van der Waals surface area contributed by atoms with Gasteiger partial charge < -0.3 is 4.90 Å². The van der Waals surface area contributed by atoms with Gasteiger partial charge in [-0.3, -0.25) is 0 Å². The molecule has 1 nitrogen and oxygen atoms in total. The monoisotopic (exact) mass is 415 g/mol. The molecule has 0 bridgehead atoms. The molecule has 1 rings (SSSR count). The lowest BCUT2D eigenvalue weighted by molar-refractivity contribution is -0.436. The van der Waals surface area contributed by atoms with E-state index in [9.17, 15) is 57.1 Å². The zero-order valence-electron chi connectivity index (χ0n) is 12.3. The Kier molecular flexibility index (Phi) is 5.54. The van der Waals surface area contributed by atoms with Crippen LogP contribution in [0.4, 0.5) is 57.1 Å². The third-order valence-electron chi connectivity index (χ3n) is 3.59. The zero-order chi connectivity index (χ0) is 20.8. The molecule has 0 spiro atoms. The zero-order valence-corrected chi connectivity index (χ0v) is 12.3. The first-order valence-corrected chi connectivity index (χ1v) is 6.72. The van der Waals surface area contributed by atoms with E-state index in [-0.39, 0.29) is 19.3 Å². The largest absolute Gasteiger partial charge is 0.460 e. The molecule has 0 aromatic carbocycles. The lowest BCUT2D eigenvalue weighted by Crippen LogP contribution is -2.69. The fourth-order valence-electron chi connectivity index (χ4n) is 1.98. The smallest absolute Gasteiger partial charge is 0.377 e. The van der Waals surface area contributed by atoms with Crippen molar-refractivity contribution in [2.75, 3.05) is 13.1 Å². The predicted octanol–water partition coefficient (Wildman–Crippen LogP) is 5.33. The highest BCUT2D eigenvalue weighted by Gasteiger charge is 2.90. The Balaban J connectivity index is 3.29. The fourth-order valence-corrected chi connectivity index (χ4v) is 1.98. The molecule has 0 aromatic rings. The van der Waals surface area contributed by atoms with Gasteiger partial charge in [0.2, 0.25) is 0 Å². The number of alkyl halides is 13. The van der Waals surface area contributed by atoms with E-state index in [4.69, 9.17) is 0 Å². The summed E-state index contributed by atoms with van der Waals surface area (Å²) in [7, 11) is 0. The average molecular weight is 415 g/mol. The SMILES string of the molecule is FC(F)(F)C(F)(F)C(F)(F)C(F)(F)C(F)(F)C(F)(F)/C=C/N1CCCC1. The van der Waals surface area contributed by atoms with Crippen molar-refractivity contribution in [3.8, 4) is 0 Å². The van der Waals surface area contributed by atoms with Gasteiger partial charge in [0.15, 0.2) is 0 Å². The maximum atomic E-state index is 13.4. The quantitative estimate of drug-likeness (QED) is 0.530. The molecule has 0 amide bonds. The Hall–Kier alpha value is -1.37. The minimum absolute atomic E-state index is 0.0385. The maximum absolute atomic E-state index is 13.4. The minimum Gasteiger partial charge on any atom is -0.377 e. The summed E-state index contributed by atoms with van der Waals surface area (Å²) in [5.74, 6) is -36.7. The third kappa shape index (κ3) is 3.30. The third-order valence-corrected chi connectivity index (χ3v) is 3.59. The van der Waals surface area contributed by atoms with Gasteiger partial charge in [-0.25, -0.2) is 0 Å². The van der Waals surface area contributed by atoms with Crippen LogP contribution in [-0.2, 0) is 0 Å². The van der Waals surface area contributed by atoms with Crippen LogP contribution in [0, 0.1) is 0 Å². The molecule has 0 saturated carbocycles. The summed E-state index contributed by atoms with van der Waals surface area (Å²) in [6.45, 7) is 0.0771. The molecule has 0 N–H and O–H groups in total. The van der Waals surface area contributed by atoms with Crippen LogP contribution in [0.3, 0.4) is 0 Å². The van der Waals surface area contributed by atoms with Crippen molar-refractivity contribution in [2.24, 2.45) is 0 Å². The Morgan fingerprint density at radius 1 is 0.538 bits per heavy atom. The molecule has 0 atom stereocenters. The van der Waals surface area contributed by atoms with E-state index in [1.165, 1.54) is 0 Å². The number of halogens is 13. The van der Waals surface area contributed by atoms with Gasteiger partial charge in [0.1, 0.15) is 0 Å². The standard InChI is InChI=1S/C12H10F13N/c13-7(14,3-6-26-4-1-2-5-26)8(15,16)9(17,18)10(19,20)11(21,22)12(23,24)25/h3,6H,1-2,4-5H2/b6-3+. The van der Waals surface area contributed by atoms with Gasteiger partial charge in [-0.1, -0.05) is 0 Å². The normalized spacial score (nSPS) is 18.9. The summed E-state index contributed by atoms with van der Waals surface area (Å²) in [6, 6.07) is 0. The number of nitrogens with zero attached hydrogens (tertiary/aromatic N) is 1. The second kappa shape index (κ2) is 6.36. The molecule has 26 heavy (non-hydrogen) atoms. The Morgan fingerprint density at radius 3 is 1.31 bits per heavy atom. The van der Waals surface area contributed by atoms with Crippen LogP contribution in [0.5, 0.6) is 0 Å². The maximum Gasteiger partial charge on any atom is 0.460 e. The van der Waals surface area contributed by atoms with Gasteiger partial charge in [-0.2, -0.15) is 57.1 Å². The predicted molar refractivity (Wildman–Crippen MR) is 60.7 cm³/mol. The second-order valence-corrected chi connectivity index (χ2v) is 5.48. The molecule has 1 saturated heterocycles. The molecule has 0 unspecified atom stereocenters. The molecule has 14 heteroatoms. The van der Waals surface area contributed by atoms with Crippen LogP contribution < -0.4 is 0 Å². The average Bonchev–Trinajstić information content (AvgIpc) is 2.96. The second-order valence-electron chi connectivity index (χ2n) is 5.48. The van der Waals surface area contributed by atoms with E-state index >= 15 is 0 Å². The lowest BCUT2D eigenvalue weighted by Gasteiger charge is -2.39. The van der Waals surface area contributed by atoms with Crippen molar-refractivity contribution in [3.05, 3.63) is 12.3 Å². The van der Waals surface area contributed by atoms with E-state index in [1.54, 1.807) is 0 Å². The number of rotatable bonds is 6. The molecule has 1 heterocycles. The molecule has 1 aliphatic heterocycles. The van der Waals surface area contributed by atoms with E-state index in [1.807, 2.05) is 0 Å². The summed E-state index contributed by atoms with van der Waals surface area (Å²) >= 11 is 0.